The molecule has 2 aromatic carbocycles. The SMILES string of the molecule is COc1cccc2cc(CC(OC)OC)ccc12. The first kappa shape index (κ1) is 12.9. The van der Waals surface area contributed by atoms with Crippen molar-refractivity contribution >= 4 is 10.8 Å². The van der Waals surface area contributed by atoms with Gasteiger partial charge in [-0.05, 0) is 17.0 Å². The summed E-state index contributed by atoms with van der Waals surface area (Å²) >= 11 is 0. The highest BCUT2D eigenvalue weighted by molar-refractivity contribution is 5.88. The van der Waals surface area contributed by atoms with Crippen LogP contribution in [0.15, 0.2) is 36.4 Å². The number of benzene rings is 2. The average molecular weight is 246 g/mol. The van der Waals surface area contributed by atoms with Crippen molar-refractivity contribution in [2.24, 2.45) is 0 Å². The van der Waals surface area contributed by atoms with Crippen LogP contribution in [0, 0.1) is 0 Å². The summed E-state index contributed by atoms with van der Waals surface area (Å²) in [7, 11) is 4.99. The van der Waals surface area contributed by atoms with Crippen LogP contribution < -0.4 is 4.74 Å². The lowest BCUT2D eigenvalue weighted by Gasteiger charge is -2.14. The Hall–Kier alpha value is -1.58. The van der Waals surface area contributed by atoms with E-state index in [0.717, 1.165) is 22.9 Å². The quantitative estimate of drug-likeness (QED) is 0.759. The molecule has 0 N–H and O–H groups in total. The van der Waals surface area contributed by atoms with E-state index in [1.165, 1.54) is 5.56 Å². The molecular weight excluding hydrogens is 228 g/mol. The molecule has 0 bridgehead atoms. The fourth-order valence-corrected chi connectivity index (χ4v) is 2.06. The third-order valence-electron chi connectivity index (χ3n) is 3.05. The molecule has 0 heterocycles. The van der Waals surface area contributed by atoms with Crippen molar-refractivity contribution < 1.29 is 14.2 Å². The molecule has 0 fully saturated rings. The molecule has 96 valence electrons. The molecule has 0 aliphatic carbocycles. The van der Waals surface area contributed by atoms with Crippen LogP contribution in [0.25, 0.3) is 10.8 Å². The lowest BCUT2D eigenvalue weighted by atomic mass is 10.0. The second-order valence-electron chi connectivity index (χ2n) is 4.12. The van der Waals surface area contributed by atoms with Crippen molar-refractivity contribution in [2.75, 3.05) is 21.3 Å². The van der Waals surface area contributed by atoms with Crippen LogP contribution in [0.1, 0.15) is 5.56 Å². The Balaban J connectivity index is 2.33. The van der Waals surface area contributed by atoms with Gasteiger partial charge >= 0.3 is 0 Å². The molecule has 0 aromatic heterocycles. The van der Waals surface area contributed by atoms with E-state index in [2.05, 4.69) is 24.3 Å². The van der Waals surface area contributed by atoms with Gasteiger partial charge < -0.3 is 14.2 Å². The maximum absolute atomic E-state index is 5.34. The second-order valence-corrected chi connectivity index (χ2v) is 4.12. The lowest BCUT2D eigenvalue weighted by Crippen LogP contribution is -2.15. The predicted molar refractivity (Wildman–Crippen MR) is 72.0 cm³/mol. The molecule has 2 rings (SSSR count). The molecule has 18 heavy (non-hydrogen) atoms. The van der Waals surface area contributed by atoms with Crippen LogP contribution in [0.5, 0.6) is 5.75 Å². The van der Waals surface area contributed by atoms with Crippen LogP contribution in [0.2, 0.25) is 0 Å². The van der Waals surface area contributed by atoms with Crippen molar-refractivity contribution in [1.29, 1.82) is 0 Å². The maximum Gasteiger partial charge on any atom is 0.160 e. The number of rotatable bonds is 5. The van der Waals surface area contributed by atoms with Gasteiger partial charge in [0.15, 0.2) is 6.29 Å². The second kappa shape index (κ2) is 5.85. The molecular formula is C15H18O3. The third kappa shape index (κ3) is 2.63. The molecule has 0 saturated heterocycles. The van der Waals surface area contributed by atoms with Gasteiger partial charge in [-0.1, -0.05) is 30.3 Å². The Morgan fingerprint density at radius 2 is 1.78 bits per heavy atom. The van der Waals surface area contributed by atoms with Crippen molar-refractivity contribution in [3.8, 4) is 5.75 Å². The number of ether oxygens (including phenoxy) is 3. The van der Waals surface area contributed by atoms with E-state index in [0.29, 0.717) is 0 Å². The third-order valence-corrected chi connectivity index (χ3v) is 3.05. The molecule has 0 saturated carbocycles. The normalized spacial score (nSPS) is 11.1. The molecule has 3 heteroatoms. The van der Waals surface area contributed by atoms with Gasteiger partial charge in [-0.15, -0.1) is 0 Å². The number of hydrogen-bond donors (Lipinski definition) is 0. The van der Waals surface area contributed by atoms with Crippen LogP contribution in [0.4, 0.5) is 0 Å². The van der Waals surface area contributed by atoms with E-state index in [-0.39, 0.29) is 6.29 Å². The summed E-state index contributed by atoms with van der Waals surface area (Å²) in [6.07, 6.45) is 0.535. The van der Waals surface area contributed by atoms with Crippen LogP contribution in [-0.4, -0.2) is 27.6 Å². The summed E-state index contributed by atoms with van der Waals surface area (Å²) in [6.45, 7) is 0. The summed E-state index contributed by atoms with van der Waals surface area (Å²) in [5, 5.41) is 2.29. The van der Waals surface area contributed by atoms with Crippen LogP contribution in [0.3, 0.4) is 0 Å². The van der Waals surface area contributed by atoms with E-state index in [1.54, 1.807) is 21.3 Å². The highest BCUT2D eigenvalue weighted by Crippen LogP contribution is 2.26. The van der Waals surface area contributed by atoms with E-state index in [4.69, 9.17) is 14.2 Å². The molecule has 0 unspecified atom stereocenters. The Kier molecular flexibility index (Phi) is 4.18. The topological polar surface area (TPSA) is 27.7 Å². The lowest BCUT2D eigenvalue weighted by molar-refractivity contribution is -0.100. The Labute approximate surface area is 107 Å². The summed E-state index contributed by atoms with van der Waals surface area (Å²) < 4.78 is 15.8. The summed E-state index contributed by atoms with van der Waals surface area (Å²) in [6, 6.07) is 12.3. The minimum absolute atomic E-state index is 0.201. The number of hydrogen-bond acceptors (Lipinski definition) is 3. The van der Waals surface area contributed by atoms with Gasteiger partial charge in [-0.3, -0.25) is 0 Å². The molecule has 0 amide bonds. The average Bonchev–Trinajstić information content (AvgIpc) is 2.43. The van der Waals surface area contributed by atoms with Crippen LogP contribution in [-0.2, 0) is 15.9 Å². The first-order valence-electron chi connectivity index (χ1n) is 5.89. The zero-order valence-electron chi connectivity index (χ0n) is 11.0. The Morgan fingerprint density at radius 3 is 2.44 bits per heavy atom. The van der Waals surface area contributed by atoms with Gasteiger partial charge in [0.25, 0.3) is 0 Å². The molecule has 0 radical (unpaired) electrons. The van der Waals surface area contributed by atoms with Crippen LogP contribution >= 0.6 is 0 Å². The van der Waals surface area contributed by atoms with Crippen molar-refractivity contribution in [3.63, 3.8) is 0 Å². The molecule has 0 spiro atoms. The summed E-state index contributed by atoms with van der Waals surface area (Å²) in [4.78, 5) is 0. The fourth-order valence-electron chi connectivity index (χ4n) is 2.06. The van der Waals surface area contributed by atoms with Gasteiger partial charge in [-0.25, -0.2) is 0 Å². The fraction of sp³-hybridized carbons (Fsp3) is 0.333. The van der Waals surface area contributed by atoms with Gasteiger partial charge in [0.05, 0.1) is 7.11 Å². The molecule has 2 aromatic rings. The zero-order chi connectivity index (χ0) is 13.0. The van der Waals surface area contributed by atoms with E-state index >= 15 is 0 Å². The van der Waals surface area contributed by atoms with Gasteiger partial charge in [-0.2, -0.15) is 0 Å². The summed E-state index contributed by atoms with van der Waals surface area (Å²) in [5.74, 6) is 0.897. The highest BCUT2D eigenvalue weighted by Gasteiger charge is 2.08. The maximum atomic E-state index is 5.34. The van der Waals surface area contributed by atoms with Gasteiger partial charge in [0.2, 0.25) is 0 Å². The van der Waals surface area contributed by atoms with Crippen molar-refractivity contribution in [3.05, 3.63) is 42.0 Å². The number of fused-ring (bicyclic) bond motifs is 1. The summed E-state index contributed by atoms with van der Waals surface area (Å²) in [5.41, 5.74) is 1.18. The minimum Gasteiger partial charge on any atom is -0.496 e. The first-order valence-corrected chi connectivity index (χ1v) is 5.89. The molecule has 3 nitrogen and oxygen atoms in total. The van der Waals surface area contributed by atoms with E-state index in [1.807, 2.05) is 12.1 Å². The van der Waals surface area contributed by atoms with Crippen molar-refractivity contribution in [2.45, 2.75) is 12.7 Å². The van der Waals surface area contributed by atoms with Gasteiger partial charge in [0, 0.05) is 26.0 Å². The molecule has 0 atom stereocenters. The smallest absolute Gasteiger partial charge is 0.160 e. The monoisotopic (exact) mass is 246 g/mol. The Morgan fingerprint density at radius 1 is 1.00 bits per heavy atom. The Bertz CT molecular complexity index is 518. The number of methoxy groups -OCH3 is 3. The van der Waals surface area contributed by atoms with Crippen molar-refractivity contribution in [1.82, 2.24) is 0 Å². The highest BCUT2D eigenvalue weighted by atomic mass is 16.7. The largest absolute Gasteiger partial charge is 0.496 e. The standard InChI is InChI=1S/C15H18O3/c1-16-14-6-4-5-12-9-11(7-8-13(12)14)10-15(17-2)18-3/h4-9,15H,10H2,1-3H3. The predicted octanol–water partition coefficient (Wildman–Crippen LogP) is 3.01. The molecule has 0 aliphatic heterocycles. The minimum atomic E-state index is -0.201. The molecule has 0 aliphatic rings. The van der Waals surface area contributed by atoms with E-state index < -0.39 is 0 Å². The zero-order valence-corrected chi connectivity index (χ0v) is 11.0. The first-order chi connectivity index (χ1) is 8.78. The van der Waals surface area contributed by atoms with E-state index in [9.17, 15) is 0 Å². The van der Waals surface area contributed by atoms with Gasteiger partial charge in [0.1, 0.15) is 5.75 Å².